The molecule has 6 heterocycles. The van der Waals surface area contributed by atoms with Crippen LogP contribution in [0, 0.1) is 0 Å². The van der Waals surface area contributed by atoms with E-state index in [1.165, 1.54) is 66.7 Å². The minimum Gasteiger partial charge on any atom is -0.116 e. The summed E-state index contributed by atoms with van der Waals surface area (Å²) in [7, 11) is 0. The molecule has 0 aromatic rings. The van der Waals surface area contributed by atoms with Gasteiger partial charge in [0.25, 0.3) is 0 Å². The molecule has 146 valence electrons. The van der Waals surface area contributed by atoms with Crippen LogP contribution in [0.3, 0.4) is 0 Å². The van der Waals surface area contributed by atoms with Gasteiger partial charge < -0.3 is 0 Å². The number of thioether (sulfide) groups is 12. The molecule has 0 saturated heterocycles. The maximum absolute atomic E-state index is 2.36. The van der Waals surface area contributed by atoms with Crippen molar-refractivity contribution in [1.29, 1.82) is 0 Å². The molecule has 6 aliphatic heterocycles. The second-order valence-corrected chi connectivity index (χ2v) is 19.9. The van der Waals surface area contributed by atoms with Crippen molar-refractivity contribution >= 4 is 141 Å². The first-order chi connectivity index (χ1) is 13.8. The first-order valence-corrected chi connectivity index (χ1v) is 18.7. The number of hydrogen-bond acceptors (Lipinski definition) is 12. The predicted molar refractivity (Wildman–Crippen MR) is 155 cm³/mol. The summed E-state index contributed by atoms with van der Waals surface area (Å²) in [4.78, 5) is 2.86. The molecule has 6 rings (SSSR count). The Kier molecular flexibility index (Phi) is 7.18. The summed E-state index contributed by atoms with van der Waals surface area (Å²) < 4.78 is 12.1. The van der Waals surface area contributed by atoms with Gasteiger partial charge in [0.2, 0.25) is 0 Å². The second-order valence-electron chi connectivity index (χ2n) is 5.51. The van der Waals surface area contributed by atoms with Gasteiger partial charge in [0, 0.05) is 32.8 Å². The van der Waals surface area contributed by atoms with E-state index < -0.39 is 0 Å². The molecule has 0 aromatic heterocycles. The molecular weight excluding hydrogens is 577 g/mol. The zero-order valence-electron chi connectivity index (χ0n) is 13.9. The Bertz CT molecular complexity index is 817. The van der Waals surface area contributed by atoms with E-state index in [4.69, 9.17) is 0 Å². The highest BCUT2D eigenvalue weighted by molar-refractivity contribution is 8.44. The summed E-state index contributed by atoms with van der Waals surface area (Å²) in [6.45, 7) is 0. The molecule has 0 atom stereocenters. The van der Waals surface area contributed by atoms with Crippen LogP contribution in [0.4, 0.5) is 0 Å². The smallest absolute Gasteiger partial charge is 0.0717 e. The fraction of sp³-hybridized carbons (Fsp3) is 0.250. The summed E-state index contributed by atoms with van der Waals surface area (Å²) in [6.07, 6.45) is 0. The minimum absolute atomic E-state index is 1.26. The number of rotatable bonds is 1. The Morgan fingerprint density at radius 2 is 0.750 bits per heavy atom. The third-order valence-electron chi connectivity index (χ3n) is 3.70. The molecule has 0 aromatic carbocycles. The summed E-state index contributed by atoms with van der Waals surface area (Å²) in [5.74, 6) is 5.03. The molecule has 0 fully saturated rings. The molecule has 12 heteroatoms. The molecule has 0 aliphatic carbocycles. The van der Waals surface area contributed by atoms with E-state index in [1.54, 1.807) is 0 Å². The van der Waals surface area contributed by atoms with Crippen LogP contribution < -0.4 is 0 Å². The third kappa shape index (κ3) is 4.38. The van der Waals surface area contributed by atoms with E-state index in [2.05, 4.69) is 10.8 Å². The highest BCUT2D eigenvalue weighted by Crippen LogP contribution is 2.67. The summed E-state index contributed by atoms with van der Waals surface area (Å²) in [5, 5.41) is 4.73. The fourth-order valence-electron chi connectivity index (χ4n) is 2.51. The lowest BCUT2D eigenvalue weighted by Crippen LogP contribution is -1.88. The van der Waals surface area contributed by atoms with Crippen molar-refractivity contribution in [3.05, 3.63) is 54.5 Å². The lowest BCUT2D eigenvalue weighted by atomic mass is 10.6. The normalized spacial score (nSPS) is 27.7. The fourth-order valence-corrected chi connectivity index (χ4v) is 19.8. The van der Waals surface area contributed by atoms with Gasteiger partial charge >= 0.3 is 0 Å². The van der Waals surface area contributed by atoms with E-state index in [0.717, 1.165) is 0 Å². The monoisotopic (exact) mass is 586 g/mol. The third-order valence-corrected chi connectivity index (χ3v) is 21.3. The molecule has 0 bridgehead atoms. The van der Waals surface area contributed by atoms with Crippen LogP contribution in [0.2, 0.25) is 0 Å². The molecule has 0 saturated carbocycles. The van der Waals surface area contributed by atoms with Crippen LogP contribution in [0.1, 0.15) is 0 Å². The van der Waals surface area contributed by atoms with Gasteiger partial charge in [0.1, 0.15) is 0 Å². The Balaban J connectivity index is 1.12. The summed E-state index contributed by atoms with van der Waals surface area (Å²) in [6, 6.07) is 0. The van der Waals surface area contributed by atoms with Crippen molar-refractivity contribution < 1.29 is 0 Å². The van der Waals surface area contributed by atoms with Crippen LogP contribution >= 0.6 is 141 Å². The summed E-state index contributed by atoms with van der Waals surface area (Å²) in [5.41, 5.74) is 0. The van der Waals surface area contributed by atoms with Gasteiger partial charge in [-0.1, -0.05) is 94.1 Å². The van der Waals surface area contributed by atoms with E-state index in [9.17, 15) is 0 Å². The highest BCUT2D eigenvalue weighted by atomic mass is 32.3. The van der Waals surface area contributed by atoms with Crippen molar-refractivity contribution in [3.63, 3.8) is 0 Å². The topological polar surface area (TPSA) is 0 Å². The van der Waals surface area contributed by atoms with Crippen LogP contribution in [0.15, 0.2) is 54.5 Å². The molecule has 0 radical (unpaired) electrons. The van der Waals surface area contributed by atoms with E-state index in [-0.39, 0.29) is 0 Å². The highest BCUT2D eigenvalue weighted by Gasteiger charge is 2.33. The van der Waals surface area contributed by atoms with Crippen molar-refractivity contribution in [2.75, 3.05) is 23.0 Å². The molecule has 0 N–H and O–H groups in total. The maximum atomic E-state index is 2.36. The molecule has 0 spiro atoms. The van der Waals surface area contributed by atoms with Crippen molar-refractivity contribution in [1.82, 2.24) is 0 Å². The van der Waals surface area contributed by atoms with Gasteiger partial charge in [-0.15, -0.1) is 47.0 Å². The molecular formula is C16H10S12. The Hall–Kier alpha value is 2.64. The zero-order valence-corrected chi connectivity index (χ0v) is 23.7. The van der Waals surface area contributed by atoms with Gasteiger partial charge in [0.15, 0.2) is 0 Å². The Labute approximate surface area is 216 Å². The first kappa shape index (κ1) is 21.2. The van der Waals surface area contributed by atoms with E-state index in [0.29, 0.717) is 0 Å². The van der Waals surface area contributed by atoms with Crippen LogP contribution in [-0.2, 0) is 0 Å². The van der Waals surface area contributed by atoms with Gasteiger partial charge in [-0.2, -0.15) is 0 Å². The molecule has 0 amide bonds. The quantitative estimate of drug-likeness (QED) is 0.287. The van der Waals surface area contributed by atoms with Gasteiger partial charge in [-0.05, 0) is 10.8 Å². The van der Waals surface area contributed by atoms with Crippen molar-refractivity contribution in [2.24, 2.45) is 0 Å². The van der Waals surface area contributed by atoms with E-state index in [1.807, 2.05) is 141 Å². The molecule has 6 aliphatic rings. The first-order valence-electron chi connectivity index (χ1n) is 8.13. The van der Waals surface area contributed by atoms with Gasteiger partial charge in [-0.25, -0.2) is 0 Å². The van der Waals surface area contributed by atoms with Crippen molar-refractivity contribution in [2.45, 2.75) is 0 Å². The van der Waals surface area contributed by atoms with Gasteiger partial charge in [0.05, 0.1) is 33.9 Å². The lowest BCUT2D eigenvalue weighted by molar-refractivity contribution is 1.56. The maximum Gasteiger partial charge on any atom is 0.0717 e. The average Bonchev–Trinajstić information content (AvgIpc) is 3.52. The molecule has 28 heavy (non-hydrogen) atoms. The van der Waals surface area contributed by atoms with Crippen LogP contribution in [-0.4, -0.2) is 23.0 Å². The Morgan fingerprint density at radius 3 is 1.11 bits per heavy atom. The SMILES string of the molecule is C1=C(C2=CSC(=C3SC4=C(SCCS4)S3)S2)SC(=C2SC3=C(SCCS3)S2)S1. The lowest BCUT2D eigenvalue weighted by Gasteiger charge is -2.08. The van der Waals surface area contributed by atoms with Crippen LogP contribution in [0.25, 0.3) is 0 Å². The number of hydrogen-bond donors (Lipinski definition) is 0. The van der Waals surface area contributed by atoms with E-state index >= 15 is 0 Å². The Morgan fingerprint density at radius 1 is 0.393 bits per heavy atom. The van der Waals surface area contributed by atoms with Crippen molar-refractivity contribution in [3.8, 4) is 0 Å². The average molecular weight is 587 g/mol. The standard InChI is InChI=1S/C16H10S12/c1-2-18-10-9(17-1)25-15(26-10)13-21-5-7(23-13)8-6-22-14(24-8)16-27-11-12(28-16)20-4-3-19-11/h5-6H,1-4H2. The molecule has 0 nitrogen and oxygen atoms in total. The van der Waals surface area contributed by atoms with Crippen LogP contribution in [0.5, 0.6) is 0 Å². The van der Waals surface area contributed by atoms with Gasteiger partial charge in [-0.3, -0.25) is 0 Å². The minimum atomic E-state index is 1.26. The largest absolute Gasteiger partial charge is 0.116 e. The molecule has 0 unspecified atom stereocenters. The second kappa shape index (κ2) is 9.48. The summed E-state index contributed by atoms with van der Waals surface area (Å²) >= 11 is 23.9. The zero-order chi connectivity index (χ0) is 18.5. The predicted octanol–water partition coefficient (Wildman–Crippen LogP) is 10.1.